The Hall–Kier alpha value is -2.52. The molecule has 2 aromatic rings. The van der Waals surface area contributed by atoms with Gasteiger partial charge in [-0.1, -0.05) is 6.08 Å². The molecule has 1 saturated heterocycles. The fourth-order valence-corrected chi connectivity index (χ4v) is 3.45. The number of rotatable bonds is 5. The third kappa shape index (κ3) is 3.40. The molecule has 0 radical (unpaired) electrons. The molecule has 9 heteroatoms. The number of nitrogens with zero attached hydrogens (tertiary/aromatic N) is 3. The van der Waals surface area contributed by atoms with Crippen molar-refractivity contribution >= 4 is 29.1 Å². The van der Waals surface area contributed by atoms with Crippen molar-refractivity contribution in [2.24, 2.45) is 0 Å². The van der Waals surface area contributed by atoms with Gasteiger partial charge >= 0.3 is 6.09 Å². The molecule has 136 valence electrons. The van der Waals surface area contributed by atoms with E-state index in [0.29, 0.717) is 17.1 Å². The topological polar surface area (TPSA) is 76.6 Å². The molecule has 0 saturated carbocycles. The van der Waals surface area contributed by atoms with Crippen LogP contribution in [0.3, 0.4) is 0 Å². The zero-order valence-electron chi connectivity index (χ0n) is 13.9. The lowest BCUT2D eigenvalue weighted by Crippen LogP contribution is -2.38. The molecule has 2 aliphatic heterocycles. The van der Waals surface area contributed by atoms with Crippen molar-refractivity contribution in [1.29, 1.82) is 0 Å². The predicted molar refractivity (Wildman–Crippen MR) is 94.9 cm³/mol. The first-order chi connectivity index (χ1) is 12.7. The molecule has 1 fully saturated rings. The van der Waals surface area contributed by atoms with Gasteiger partial charge in [0.2, 0.25) is 5.88 Å². The first-order valence-electron chi connectivity index (χ1n) is 8.28. The first-order valence-corrected chi connectivity index (χ1v) is 9.01. The van der Waals surface area contributed by atoms with Crippen molar-refractivity contribution in [1.82, 2.24) is 14.1 Å². The Labute approximate surface area is 153 Å². The van der Waals surface area contributed by atoms with E-state index in [1.54, 1.807) is 12.1 Å². The molecule has 1 amide bonds. The molecule has 0 spiro atoms. The number of ether oxygens (including phenoxy) is 2. The molecule has 1 aromatic carbocycles. The van der Waals surface area contributed by atoms with Gasteiger partial charge in [0.25, 0.3) is 0 Å². The van der Waals surface area contributed by atoms with Crippen molar-refractivity contribution in [3.63, 3.8) is 0 Å². The van der Waals surface area contributed by atoms with Crippen molar-refractivity contribution in [2.45, 2.75) is 12.5 Å². The number of amides is 1. The van der Waals surface area contributed by atoms with Crippen LogP contribution < -0.4 is 15.0 Å². The minimum atomic E-state index is -0.511. The van der Waals surface area contributed by atoms with Gasteiger partial charge in [-0.15, -0.1) is 4.37 Å². The largest absolute Gasteiger partial charge is 0.474 e. The Kier molecular flexibility index (Phi) is 4.81. The first kappa shape index (κ1) is 16.9. The third-order valence-corrected chi connectivity index (χ3v) is 4.83. The second kappa shape index (κ2) is 7.38. The average molecular weight is 376 g/mol. The van der Waals surface area contributed by atoms with E-state index >= 15 is 0 Å². The van der Waals surface area contributed by atoms with Gasteiger partial charge in [-0.25, -0.2) is 9.18 Å². The fourth-order valence-electron chi connectivity index (χ4n) is 3.08. The van der Waals surface area contributed by atoms with Crippen LogP contribution in [0.5, 0.6) is 5.88 Å². The second-order valence-corrected chi connectivity index (χ2v) is 6.56. The van der Waals surface area contributed by atoms with Gasteiger partial charge in [0.1, 0.15) is 31.3 Å². The maximum Gasteiger partial charge on any atom is 0.414 e. The number of anilines is 1. The van der Waals surface area contributed by atoms with E-state index in [2.05, 4.69) is 14.1 Å². The number of benzene rings is 1. The number of halogens is 1. The monoisotopic (exact) mass is 376 g/mol. The zero-order valence-corrected chi connectivity index (χ0v) is 14.7. The van der Waals surface area contributed by atoms with Crippen LogP contribution in [0.15, 0.2) is 30.5 Å². The Balaban J connectivity index is 1.53. The number of hydrogen-bond donors (Lipinski definition) is 1. The smallest absolute Gasteiger partial charge is 0.414 e. The molecule has 2 aliphatic rings. The third-order valence-electron chi connectivity index (χ3n) is 4.37. The molecule has 3 heterocycles. The standard InChI is InChI=1S/C17H17FN4O3S/c18-15-7-12(1-2-14(15)11-3-5-19-6-4-11)22-13(10-25-17(22)23)9-24-16-8-20-26-21-16/h1-3,7-8,13,19H,4-6,9-10H2. The van der Waals surface area contributed by atoms with Gasteiger partial charge < -0.3 is 14.8 Å². The van der Waals surface area contributed by atoms with E-state index in [4.69, 9.17) is 9.47 Å². The number of nitrogens with one attached hydrogen (secondary N) is 1. The number of carbonyl (C=O) groups is 1. The fraction of sp³-hybridized carbons (Fsp3) is 0.353. The molecule has 0 bridgehead atoms. The van der Waals surface area contributed by atoms with Gasteiger partial charge in [0.05, 0.1) is 17.4 Å². The van der Waals surface area contributed by atoms with Gasteiger partial charge in [0, 0.05) is 12.1 Å². The quantitative estimate of drug-likeness (QED) is 0.864. The lowest BCUT2D eigenvalue weighted by atomic mass is 9.99. The van der Waals surface area contributed by atoms with Crippen LogP contribution in [0.2, 0.25) is 0 Å². The molecule has 1 N–H and O–H groups in total. The summed E-state index contributed by atoms with van der Waals surface area (Å²) >= 11 is 1.04. The molecule has 1 atom stereocenters. The number of aromatic nitrogens is 2. The van der Waals surface area contributed by atoms with E-state index in [9.17, 15) is 9.18 Å². The predicted octanol–water partition coefficient (Wildman–Crippen LogP) is 2.46. The molecule has 1 aromatic heterocycles. The Morgan fingerprint density at radius 3 is 3.12 bits per heavy atom. The summed E-state index contributed by atoms with van der Waals surface area (Å²) in [6, 6.07) is 4.48. The summed E-state index contributed by atoms with van der Waals surface area (Å²) in [5, 5.41) is 3.21. The van der Waals surface area contributed by atoms with Crippen LogP contribution in [0.4, 0.5) is 14.9 Å². The van der Waals surface area contributed by atoms with Crippen LogP contribution in [0, 0.1) is 5.82 Å². The van der Waals surface area contributed by atoms with Gasteiger partial charge in [-0.2, -0.15) is 4.37 Å². The lowest BCUT2D eigenvalue weighted by Gasteiger charge is -2.22. The lowest BCUT2D eigenvalue weighted by molar-refractivity contribution is 0.175. The van der Waals surface area contributed by atoms with Crippen LogP contribution in [-0.2, 0) is 4.74 Å². The molecular weight excluding hydrogens is 359 g/mol. The minimum absolute atomic E-state index is 0.177. The molecule has 26 heavy (non-hydrogen) atoms. The van der Waals surface area contributed by atoms with Crippen molar-refractivity contribution < 1.29 is 18.7 Å². The summed E-state index contributed by atoms with van der Waals surface area (Å²) in [4.78, 5) is 13.5. The van der Waals surface area contributed by atoms with Crippen molar-refractivity contribution in [2.75, 3.05) is 31.2 Å². The van der Waals surface area contributed by atoms with Crippen LogP contribution >= 0.6 is 11.7 Å². The summed E-state index contributed by atoms with van der Waals surface area (Å²) in [6.07, 6.45) is 3.77. The Bertz CT molecular complexity index is 827. The molecular formula is C17H17FN4O3S. The molecule has 0 aliphatic carbocycles. The molecule has 7 nitrogen and oxygen atoms in total. The summed E-state index contributed by atoms with van der Waals surface area (Å²) in [5.74, 6) is 0.0485. The van der Waals surface area contributed by atoms with Crippen LogP contribution in [0.25, 0.3) is 5.57 Å². The maximum atomic E-state index is 14.7. The SMILES string of the molecule is O=C1OCC(COc2cnsn2)N1c1ccc(C2=CCNCC2)c(F)c1. The highest BCUT2D eigenvalue weighted by molar-refractivity contribution is 6.99. The maximum absolute atomic E-state index is 14.7. The summed E-state index contributed by atoms with van der Waals surface area (Å²) in [5.41, 5.74) is 2.00. The Morgan fingerprint density at radius 1 is 1.46 bits per heavy atom. The van der Waals surface area contributed by atoms with Crippen molar-refractivity contribution in [3.8, 4) is 5.88 Å². The van der Waals surface area contributed by atoms with Gasteiger partial charge in [0.15, 0.2) is 0 Å². The molecule has 4 rings (SSSR count). The second-order valence-electron chi connectivity index (χ2n) is 6.01. The van der Waals surface area contributed by atoms with Gasteiger partial charge in [-0.3, -0.25) is 4.90 Å². The average Bonchev–Trinajstić information content (AvgIpc) is 3.30. The highest BCUT2D eigenvalue weighted by atomic mass is 32.1. The summed E-state index contributed by atoms with van der Waals surface area (Å²) in [6.45, 7) is 1.93. The van der Waals surface area contributed by atoms with E-state index in [-0.39, 0.29) is 25.1 Å². The van der Waals surface area contributed by atoms with E-state index < -0.39 is 6.09 Å². The van der Waals surface area contributed by atoms with E-state index in [1.165, 1.54) is 17.2 Å². The van der Waals surface area contributed by atoms with E-state index in [1.807, 2.05) is 6.08 Å². The summed E-state index contributed by atoms with van der Waals surface area (Å²) < 4.78 is 33.1. The zero-order chi connectivity index (χ0) is 17.9. The Morgan fingerprint density at radius 2 is 2.38 bits per heavy atom. The summed E-state index contributed by atoms with van der Waals surface area (Å²) in [7, 11) is 0. The minimum Gasteiger partial charge on any atom is -0.474 e. The van der Waals surface area contributed by atoms with Crippen LogP contribution in [0.1, 0.15) is 12.0 Å². The number of cyclic esters (lactones) is 1. The van der Waals surface area contributed by atoms with Gasteiger partial charge in [-0.05, 0) is 36.7 Å². The molecule has 1 unspecified atom stereocenters. The number of hydrogen-bond acceptors (Lipinski definition) is 7. The van der Waals surface area contributed by atoms with Crippen LogP contribution in [-0.4, -0.2) is 47.2 Å². The van der Waals surface area contributed by atoms with E-state index in [0.717, 1.165) is 36.8 Å². The highest BCUT2D eigenvalue weighted by Gasteiger charge is 2.35. The number of carbonyl (C=O) groups excluding carboxylic acids is 1. The normalized spacial score (nSPS) is 20.0. The van der Waals surface area contributed by atoms with Crippen molar-refractivity contribution in [3.05, 3.63) is 41.9 Å². The highest BCUT2D eigenvalue weighted by Crippen LogP contribution is 2.29.